The van der Waals surface area contributed by atoms with Gasteiger partial charge in [0.2, 0.25) is 5.82 Å². The average Bonchev–Trinajstić information content (AvgIpc) is 2.87. The second-order valence-corrected chi connectivity index (χ2v) is 8.94. The third kappa shape index (κ3) is 5.67. The fourth-order valence-electron chi connectivity index (χ4n) is 4.72. The highest BCUT2D eigenvalue weighted by molar-refractivity contribution is 5.71. The summed E-state index contributed by atoms with van der Waals surface area (Å²) in [7, 11) is 1.72. The predicted octanol–water partition coefficient (Wildman–Crippen LogP) is 8.35. The monoisotopic (exact) mass is 462 g/mol. The summed E-state index contributed by atoms with van der Waals surface area (Å²) in [5.74, 6) is -1.10. The highest BCUT2D eigenvalue weighted by atomic mass is 19.2. The highest BCUT2D eigenvalue weighted by Gasteiger charge is 2.17. The van der Waals surface area contributed by atoms with Crippen LogP contribution in [0.1, 0.15) is 44.6 Å². The Hall–Kier alpha value is -3.14. The van der Waals surface area contributed by atoms with Gasteiger partial charge >= 0.3 is 0 Å². The molecule has 3 aromatic carbocycles. The first kappa shape index (κ1) is 24.0. The Kier molecular flexibility index (Phi) is 7.99. The third-order valence-electron chi connectivity index (χ3n) is 6.70. The molecule has 1 aliphatic carbocycles. The van der Waals surface area contributed by atoms with E-state index in [9.17, 15) is 8.78 Å². The summed E-state index contributed by atoms with van der Waals surface area (Å²) in [6.45, 7) is 2.03. The van der Waals surface area contributed by atoms with Gasteiger partial charge in [0.25, 0.3) is 0 Å². The molecule has 178 valence electrons. The molecule has 3 aromatic rings. The van der Waals surface area contributed by atoms with E-state index in [1.54, 1.807) is 20.1 Å². The quantitative estimate of drug-likeness (QED) is 0.313. The first-order chi connectivity index (χ1) is 16.6. The molecule has 0 aromatic heterocycles. The number of hydrogen-bond donors (Lipinski definition) is 0. The lowest BCUT2D eigenvalue weighted by Gasteiger charge is -2.23. The van der Waals surface area contributed by atoms with Gasteiger partial charge in [-0.25, -0.2) is 4.39 Å². The van der Waals surface area contributed by atoms with Crippen LogP contribution in [-0.4, -0.2) is 13.7 Å². The number of benzene rings is 3. The normalized spacial score (nSPS) is 15.8. The van der Waals surface area contributed by atoms with Gasteiger partial charge in [-0.15, -0.1) is 0 Å². The molecule has 4 heteroatoms. The van der Waals surface area contributed by atoms with Crippen LogP contribution < -0.4 is 4.74 Å². The summed E-state index contributed by atoms with van der Waals surface area (Å²) in [6.07, 6.45) is 9.03. The molecular weight excluding hydrogens is 430 g/mol. The molecule has 0 bridgehead atoms. The zero-order valence-corrected chi connectivity index (χ0v) is 20.0. The molecule has 34 heavy (non-hydrogen) atoms. The summed E-state index contributed by atoms with van der Waals surface area (Å²) >= 11 is 0. The Labute approximate surface area is 201 Å². The number of hydrogen-bond acceptors (Lipinski definition) is 2. The molecule has 0 N–H and O–H groups in total. The minimum absolute atomic E-state index is 0.0587. The van der Waals surface area contributed by atoms with E-state index in [1.165, 1.54) is 36.5 Å². The van der Waals surface area contributed by atoms with Gasteiger partial charge in [-0.2, -0.15) is 4.39 Å². The SMILES string of the molecule is CCOc1ccc(-c2ccc(-c3ccc(CCC4CCC(=COC)CC4)cc3)cc2)c(F)c1F. The zero-order valence-electron chi connectivity index (χ0n) is 20.0. The lowest BCUT2D eigenvalue weighted by molar-refractivity contribution is 0.314. The van der Waals surface area contributed by atoms with Crippen molar-refractivity contribution in [2.24, 2.45) is 5.92 Å². The first-order valence-electron chi connectivity index (χ1n) is 12.1. The molecule has 4 rings (SSSR count). The molecule has 1 saturated carbocycles. The van der Waals surface area contributed by atoms with Crippen molar-refractivity contribution < 1.29 is 18.3 Å². The minimum atomic E-state index is -0.945. The standard InChI is InChI=1S/C30H32F2O2/c1-3-34-28-19-18-27(29(31)30(28)32)26-16-14-25(15-17-26)24-12-10-22(11-13-24)5-4-21-6-8-23(9-7-21)20-33-2/h10-21H,3-9H2,1-2H3. The van der Waals surface area contributed by atoms with E-state index in [-0.39, 0.29) is 17.9 Å². The summed E-state index contributed by atoms with van der Waals surface area (Å²) < 4.78 is 39.1. The molecule has 0 spiro atoms. The second-order valence-electron chi connectivity index (χ2n) is 8.94. The summed E-state index contributed by atoms with van der Waals surface area (Å²) in [4.78, 5) is 0. The lowest BCUT2D eigenvalue weighted by atomic mass is 9.83. The topological polar surface area (TPSA) is 18.5 Å². The van der Waals surface area contributed by atoms with E-state index >= 15 is 0 Å². The van der Waals surface area contributed by atoms with Crippen molar-refractivity contribution in [2.45, 2.75) is 45.4 Å². The largest absolute Gasteiger partial charge is 0.504 e. The highest BCUT2D eigenvalue weighted by Crippen LogP contribution is 2.33. The van der Waals surface area contributed by atoms with Crippen LogP contribution >= 0.6 is 0 Å². The van der Waals surface area contributed by atoms with Crippen LogP contribution in [0, 0.1) is 17.6 Å². The van der Waals surface area contributed by atoms with Crippen LogP contribution in [0.15, 0.2) is 72.5 Å². The number of ether oxygens (including phenoxy) is 2. The maximum Gasteiger partial charge on any atom is 0.201 e. The number of methoxy groups -OCH3 is 1. The van der Waals surface area contributed by atoms with Gasteiger partial charge in [0.15, 0.2) is 11.6 Å². The van der Waals surface area contributed by atoms with Crippen molar-refractivity contribution >= 4 is 0 Å². The van der Waals surface area contributed by atoms with Crippen LogP contribution in [0.25, 0.3) is 22.3 Å². The van der Waals surface area contributed by atoms with E-state index in [0.29, 0.717) is 5.56 Å². The zero-order chi connectivity index (χ0) is 23.9. The molecule has 0 atom stereocenters. The van der Waals surface area contributed by atoms with Crippen molar-refractivity contribution in [2.75, 3.05) is 13.7 Å². The second kappa shape index (κ2) is 11.3. The van der Waals surface area contributed by atoms with Crippen molar-refractivity contribution in [3.63, 3.8) is 0 Å². The first-order valence-corrected chi connectivity index (χ1v) is 12.1. The van der Waals surface area contributed by atoms with Gasteiger partial charge in [-0.3, -0.25) is 0 Å². The fourth-order valence-corrected chi connectivity index (χ4v) is 4.72. The molecule has 0 heterocycles. The molecule has 1 aliphatic rings. The van der Waals surface area contributed by atoms with Gasteiger partial charge in [0.05, 0.1) is 20.0 Å². The molecular formula is C30H32F2O2. The van der Waals surface area contributed by atoms with Gasteiger partial charge in [0.1, 0.15) is 0 Å². The van der Waals surface area contributed by atoms with Crippen LogP contribution in [0.5, 0.6) is 5.75 Å². The molecule has 0 unspecified atom stereocenters. The van der Waals surface area contributed by atoms with E-state index in [1.807, 2.05) is 30.5 Å². The molecule has 0 saturated heterocycles. The molecule has 1 fully saturated rings. The summed E-state index contributed by atoms with van der Waals surface area (Å²) in [6, 6.07) is 19.3. The smallest absolute Gasteiger partial charge is 0.201 e. The van der Waals surface area contributed by atoms with E-state index in [4.69, 9.17) is 9.47 Å². The molecule has 2 nitrogen and oxygen atoms in total. The van der Waals surface area contributed by atoms with Crippen LogP contribution in [0.2, 0.25) is 0 Å². The van der Waals surface area contributed by atoms with Crippen LogP contribution in [0.3, 0.4) is 0 Å². The summed E-state index contributed by atoms with van der Waals surface area (Å²) in [5.41, 5.74) is 5.81. The number of allylic oxidation sites excluding steroid dienone is 1. The Morgan fingerprint density at radius 3 is 2.06 bits per heavy atom. The minimum Gasteiger partial charge on any atom is -0.504 e. The van der Waals surface area contributed by atoms with E-state index in [2.05, 4.69) is 24.3 Å². The lowest BCUT2D eigenvalue weighted by Crippen LogP contribution is -2.09. The molecule has 0 aliphatic heterocycles. The predicted molar refractivity (Wildman–Crippen MR) is 134 cm³/mol. The third-order valence-corrected chi connectivity index (χ3v) is 6.70. The van der Waals surface area contributed by atoms with Crippen molar-refractivity contribution in [1.29, 1.82) is 0 Å². The molecule has 0 amide bonds. The van der Waals surface area contributed by atoms with Crippen molar-refractivity contribution in [3.8, 4) is 28.0 Å². The van der Waals surface area contributed by atoms with Gasteiger partial charge in [-0.05, 0) is 91.3 Å². The van der Waals surface area contributed by atoms with Crippen molar-refractivity contribution in [3.05, 3.63) is 89.7 Å². The fraction of sp³-hybridized carbons (Fsp3) is 0.333. The Morgan fingerprint density at radius 1 is 0.824 bits per heavy atom. The summed E-state index contributed by atoms with van der Waals surface area (Å²) in [5, 5.41) is 0. The Balaban J connectivity index is 1.37. The van der Waals surface area contributed by atoms with Crippen LogP contribution in [-0.2, 0) is 11.2 Å². The maximum atomic E-state index is 14.5. The van der Waals surface area contributed by atoms with Crippen LogP contribution in [0.4, 0.5) is 8.78 Å². The Bertz CT molecular complexity index is 1110. The number of rotatable bonds is 8. The van der Waals surface area contributed by atoms with E-state index < -0.39 is 11.6 Å². The van der Waals surface area contributed by atoms with Gasteiger partial charge in [-0.1, -0.05) is 48.5 Å². The Morgan fingerprint density at radius 2 is 1.44 bits per heavy atom. The van der Waals surface area contributed by atoms with Crippen molar-refractivity contribution in [1.82, 2.24) is 0 Å². The number of halogens is 2. The number of aryl methyl sites for hydroxylation is 1. The maximum absolute atomic E-state index is 14.5. The van der Waals surface area contributed by atoms with E-state index in [0.717, 1.165) is 36.3 Å². The molecule has 0 radical (unpaired) electrons. The van der Waals surface area contributed by atoms with Gasteiger partial charge in [0, 0.05) is 5.56 Å². The average molecular weight is 463 g/mol. The van der Waals surface area contributed by atoms with Gasteiger partial charge < -0.3 is 9.47 Å².